The average molecular weight is 386 g/mol. The monoisotopic (exact) mass is 386 g/mol. The molecule has 5 heteroatoms. The first-order valence-corrected chi connectivity index (χ1v) is 9.23. The number of benzene rings is 3. The molecule has 1 N–H and O–H groups in total. The number of nitrogens with one attached hydrogen (secondary N) is 1. The van der Waals surface area contributed by atoms with Crippen LogP contribution in [-0.2, 0) is 9.59 Å². The van der Waals surface area contributed by atoms with Crippen LogP contribution in [0.15, 0.2) is 78.5 Å². The Morgan fingerprint density at radius 2 is 1.48 bits per heavy atom. The van der Waals surface area contributed by atoms with Crippen LogP contribution in [0.25, 0.3) is 5.57 Å². The van der Waals surface area contributed by atoms with Crippen LogP contribution in [0.2, 0.25) is 0 Å². The SMILES string of the molecule is Cc1cc(C)cc(N2C(=O)C(Nc3cccc(F)c3)=C(c3ccccc3)C2=O)c1. The van der Waals surface area contributed by atoms with E-state index in [-0.39, 0.29) is 11.3 Å². The Hall–Kier alpha value is -3.73. The number of imide groups is 1. The van der Waals surface area contributed by atoms with Crippen molar-refractivity contribution in [1.29, 1.82) is 0 Å². The highest BCUT2D eigenvalue weighted by molar-refractivity contribution is 6.46. The Morgan fingerprint density at radius 1 is 0.793 bits per heavy atom. The van der Waals surface area contributed by atoms with Gasteiger partial charge in [0.1, 0.15) is 11.5 Å². The van der Waals surface area contributed by atoms with Crippen LogP contribution in [0.4, 0.5) is 15.8 Å². The molecule has 1 heterocycles. The van der Waals surface area contributed by atoms with Gasteiger partial charge in [0.2, 0.25) is 0 Å². The molecule has 29 heavy (non-hydrogen) atoms. The van der Waals surface area contributed by atoms with Crippen LogP contribution in [0.5, 0.6) is 0 Å². The van der Waals surface area contributed by atoms with Gasteiger partial charge in [0.15, 0.2) is 0 Å². The summed E-state index contributed by atoms with van der Waals surface area (Å²) in [5.74, 6) is -1.31. The number of halogens is 1. The lowest BCUT2D eigenvalue weighted by molar-refractivity contribution is -0.120. The van der Waals surface area contributed by atoms with E-state index < -0.39 is 17.6 Å². The molecule has 144 valence electrons. The first-order chi connectivity index (χ1) is 13.9. The van der Waals surface area contributed by atoms with Crippen LogP contribution in [0.1, 0.15) is 16.7 Å². The second-order valence-corrected chi connectivity index (χ2v) is 7.04. The molecule has 0 atom stereocenters. The third-order valence-corrected chi connectivity index (χ3v) is 4.70. The van der Waals surface area contributed by atoms with Crippen molar-refractivity contribution in [2.75, 3.05) is 10.2 Å². The lowest BCUT2D eigenvalue weighted by atomic mass is 10.0. The predicted molar refractivity (Wildman–Crippen MR) is 112 cm³/mol. The van der Waals surface area contributed by atoms with E-state index in [1.165, 1.54) is 17.0 Å². The first-order valence-electron chi connectivity index (χ1n) is 9.23. The van der Waals surface area contributed by atoms with Crippen molar-refractivity contribution in [3.8, 4) is 0 Å². The largest absolute Gasteiger partial charge is 0.350 e. The molecule has 0 radical (unpaired) electrons. The summed E-state index contributed by atoms with van der Waals surface area (Å²) in [6, 6.07) is 20.4. The molecule has 3 aromatic carbocycles. The number of hydrogen-bond donors (Lipinski definition) is 1. The number of aryl methyl sites for hydroxylation is 2. The number of rotatable bonds is 4. The summed E-state index contributed by atoms with van der Waals surface area (Å²) in [6.45, 7) is 3.83. The van der Waals surface area contributed by atoms with Gasteiger partial charge in [-0.05, 0) is 60.9 Å². The van der Waals surface area contributed by atoms with Gasteiger partial charge in [-0.1, -0.05) is 42.5 Å². The van der Waals surface area contributed by atoms with Crippen molar-refractivity contribution >= 4 is 28.8 Å². The van der Waals surface area contributed by atoms with Crippen molar-refractivity contribution in [1.82, 2.24) is 0 Å². The third-order valence-electron chi connectivity index (χ3n) is 4.70. The van der Waals surface area contributed by atoms with Crippen LogP contribution < -0.4 is 10.2 Å². The summed E-state index contributed by atoms with van der Waals surface area (Å²) in [5, 5.41) is 2.97. The van der Waals surface area contributed by atoms with Crippen LogP contribution in [0, 0.1) is 19.7 Å². The highest BCUT2D eigenvalue weighted by atomic mass is 19.1. The highest BCUT2D eigenvalue weighted by Crippen LogP contribution is 2.34. The molecule has 4 nitrogen and oxygen atoms in total. The Kier molecular flexibility index (Phi) is 4.72. The molecular formula is C24H19FN2O2. The van der Waals surface area contributed by atoms with E-state index >= 15 is 0 Å². The fraction of sp³-hybridized carbons (Fsp3) is 0.0833. The molecule has 0 bridgehead atoms. The van der Waals surface area contributed by atoms with E-state index in [4.69, 9.17) is 0 Å². The van der Waals surface area contributed by atoms with Crippen molar-refractivity contribution < 1.29 is 14.0 Å². The maximum Gasteiger partial charge on any atom is 0.282 e. The van der Waals surface area contributed by atoms with Crippen molar-refractivity contribution in [2.24, 2.45) is 0 Å². The van der Waals surface area contributed by atoms with Crippen molar-refractivity contribution in [3.63, 3.8) is 0 Å². The standard InChI is InChI=1S/C24H19FN2O2/c1-15-11-16(2)13-20(12-15)27-23(28)21(17-7-4-3-5-8-17)22(24(27)29)26-19-10-6-9-18(25)14-19/h3-14,26H,1-2H3. The van der Waals surface area contributed by atoms with Crippen molar-refractivity contribution in [3.05, 3.63) is 101 Å². The van der Waals surface area contributed by atoms with Gasteiger partial charge in [-0.25, -0.2) is 9.29 Å². The Labute approximate surface area is 168 Å². The molecule has 3 aromatic rings. The van der Waals surface area contributed by atoms with E-state index in [2.05, 4.69) is 5.32 Å². The van der Waals surface area contributed by atoms with E-state index in [9.17, 15) is 14.0 Å². The quantitative estimate of drug-likeness (QED) is 0.653. The minimum Gasteiger partial charge on any atom is -0.350 e. The topological polar surface area (TPSA) is 49.4 Å². The molecule has 1 aliphatic rings. The van der Waals surface area contributed by atoms with Gasteiger partial charge in [-0.2, -0.15) is 0 Å². The van der Waals surface area contributed by atoms with E-state index in [0.717, 1.165) is 11.1 Å². The lowest BCUT2D eigenvalue weighted by Crippen LogP contribution is -2.32. The zero-order chi connectivity index (χ0) is 20.5. The summed E-state index contributed by atoms with van der Waals surface area (Å²) < 4.78 is 13.6. The average Bonchev–Trinajstić information content (AvgIpc) is 2.91. The molecule has 4 rings (SSSR count). The summed E-state index contributed by atoms with van der Waals surface area (Å²) >= 11 is 0. The zero-order valence-corrected chi connectivity index (χ0v) is 16.1. The fourth-order valence-electron chi connectivity index (χ4n) is 3.54. The zero-order valence-electron chi connectivity index (χ0n) is 16.1. The lowest BCUT2D eigenvalue weighted by Gasteiger charge is -2.17. The number of nitrogens with zero attached hydrogens (tertiary/aromatic N) is 1. The Balaban J connectivity index is 1.84. The maximum atomic E-state index is 13.6. The van der Waals surface area contributed by atoms with E-state index in [0.29, 0.717) is 16.9 Å². The minimum absolute atomic E-state index is 0.131. The molecule has 0 spiro atoms. The van der Waals surface area contributed by atoms with E-state index in [1.54, 1.807) is 48.5 Å². The third kappa shape index (κ3) is 3.55. The maximum absolute atomic E-state index is 13.6. The second-order valence-electron chi connectivity index (χ2n) is 7.04. The van der Waals surface area contributed by atoms with Crippen molar-refractivity contribution in [2.45, 2.75) is 13.8 Å². The molecule has 2 amide bonds. The summed E-state index contributed by atoms with van der Waals surface area (Å²) in [6.07, 6.45) is 0. The van der Waals surface area contributed by atoms with Gasteiger partial charge < -0.3 is 5.32 Å². The van der Waals surface area contributed by atoms with Gasteiger partial charge >= 0.3 is 0 Å². The number of hydrogen-bond acceptors (Lipinski definition) is 3. The van der Waals surface area contributed by atoms with Gasteiger partial charge in [0.05, 0.1) is 11.3 Å². The smallest absolute Gasteiger partial charge is 0.282 e. The predicted octanol–water partition coefficient (Wildman–Crippen LogP) is 4.84. The summed E-state index contributed by atoms with van der Waals surface area (Å²) in [5.41, 5.74) is 3.84. The summed E-state index contributed by atoms with van der Waals surface area (Å²) in [7, 11) is 0. The second kappa shape index (κ2) is 7.36. The number of anilines is 2. The van der Waals surface area contributed by atoms with Crippen LogP contribution in [0.3, 0.4) is 0 Å². The minimum atomic E-state index is -0.469. The fourth-order valence-corrected chi connectivity index (χ4v) is 3.54. The highest BCUT2D eigenvalue weighted by Gasteiger charge is 2.40. The molecule has 0 saturated heterocycles. The molecule has 1 aliphatic heterocycles. The van der Waals surface area contributed by atoms with Gasteiger partial charge in [0.25, 0.3) is 11.8 Å². The number of carbonyl (C=O) groups is 2. The van der Waals surface area contributed by atoms with Gasteiger partial charge in [0, 0.05) is 5.69 Å². The molecule has 0 aromatic heterocycles. The first kappa shape index (κ1) is 18.6. The molecule has 0 unspecified atom stereocenters. The number of carbonyl (C=O) groups excluding carboxylic acids is 2. The Bertz CT molecular complexity index is 1130. The Morgan fingerprint density at radius 3 is 2.14 bits per heavy atom. The van der Waals surface area contributed by atoms with Gasteiger partial charge in [-0.15, -0.1) is 0 Å². The normalized spacial score (nSPS) is 14.0. The summed E-state index contributed by atoms with van der Waals surface area (Å²) in [4.78, 5) is 27.8. The molecule has 0 saturated carbocycles. The molecule has 0 fully saturated rings. The molecular weight excluding hydrogens is 367 g/mol. The van der Waals surface area contributed by atoms with Crippen LogP contribution in [-0.4, -0.2) is 11.8 Å². The van der Waals surface area contributed by atoms with Crippen LogP contribution >= 0.6 is 0 Å². The number of amides is 2. The molecule has 0 aliphatic carbocycles. The van der Waals surface area contributed by atoms with E-state index in [1.807, 2.05) is 26.0 Å². The van der Waals surface area contributed by atoms with Gasteiger partial charge in [-0.3, -0.25) is 9.59 Å².